The molecule has 134 valence electrons. The van der Waals surface area contributed by atoms with E-state index in [9.17, 15) is 4.79 Å². The first kappa shape index (κ1) is 17.4. The van der Waals surface area contributed by atoms with Crippen LogP contribution >= 0.6 is 23.4 Å². The Morgan fingerprint density at radius 2 is 1.96 bits per heavy atom. The van der Waals surface area contributed by atoms with Crippen LogP contribution in [0.1, 0.15) is 17.2 Å². The van der Waals surface area contributed by atoms with Crippen LogP contribution in [0.2, 0.25) is 5.02 Å². The van der Waals surface area contributed by atoms with Crippen LogP contribution < -0.4 is 0 Å². The fourth-order valence-electron chi connectivity index (χ4n) is 3.39. The highest BCUT2D eigenvalue weighted by molar-refractivity contribution is 7.99. The summed E-state index contributed by atoms with van der Waals surface area (Å²) in [6, 6.07) is 15.9. The van der Waals surface area contributed by atoms with Gasteiger partial charge in [-0.2, -0.15) is 11.8 Å². The summed E-state index contributed by atoms with van der Waals surface area (Å²) in [6.45, 7) is 1.87. The molecule has 0 saturated carbocycles. The second-order valence-electron chi connectivity index (χ2n) is 6.41. The number of benzene rings is 2. The number of hydrogen-bond donors (Lipinski definition) is 0. The van der Waals surface area contributed by atoms with Gasteiger partial charge in [0.1, 0.15) is 6.54 Å². The van der Waals surface area contributed by atoms with E-state index in [2.05, 4.69) is 11.1 Å². The Balaban J connectivity index is 1.44. The molecule has 0 unspecified atom stereocenters. The fraction of sp³-hybridized carbons (Fsp3) is 0.300. The Bertz CT molecular complexity index is 926. The second-order valence-corrected chi connectivity index (χ2v) is 8.13. The zero-order valence-corrected chi connectivity index (χ0v) is 15.9. The number of thioether (sulfide) groups is 1. The normalized spacial score (nSPS) is 18.0. The number of halogens is 1. The standard InChI is InChI=1S/C20H20ClN3OS/c21-16-6-2-1-5-15(16)19-9-10-23(11-12-26-19)20(25)13-24-14-22-17-7-3-4-8-18(17)24/h1-8,14,19H,9-13H2/t19-/m1/s1. The maximum atomic E-state index is 12.8. The van der Waals surface area contributed by atoms with E-state index in [-0.39, 0.29) is 5.91 Å². The molecule has 1 fully saturated rings. The summed E-state index contributed by atoms with van der Waals surface area (Å²) in [5, 5.41) is 1.16. The van der Waals surface area contributed by atoms with E-state index >= 15 is 0 Å². The predicted octanol–water partition coefficient (Wildman–Crippen LogP) is 4.40. The first-order valence-corrected chi connectivity index (χ1v) is 10.2. The van der Waals surface area contributed by atoms with Crippen molar-refractivity contribution >= 4 is 40.3 Å². The molecule has 0 aliphatic carbocycles. The van der Waals surface area contributed by atoms with Gasteiger partial charge in [-0.25, -0.2) is 4.98 Å². The Morgan fingerprint density at radius 1 is 1.15 bits per heavy atom. The summed E-state index contributed by atoms with van der Waals surface area (Å²) >= 11 is 8.24. The number of amides is 1. The number of para-hydroxylation sites is 2. The largest absolute Gasteiger partial charge is 0.340 e. The Kier molecular flexibility index (Phi) is 5.18. The van der Waals surface area contributed by atoms with E-state index in [0.29, 0.717) is 11.8 Å². The van der Waals surface area contributed by atoms with Gasteiger partial charge in [-0.1, -0.05) is 41.9 Å². The van der Waals surface area contributed by atoms with Gasteiger partial charge in [0.05, 0.1) is 17.4 Å². The lowest BCUT2D eigenvalue weighted by Gasteiger charge is -2.21. The topological polar surface area (TPSA) is 38.1 Å². The molecule has 3 aromatic rings. The van der Waals surface area contributed by atoms with Crippen molar-refractivity contribution in [2.75, 3.05) is 18.8 Å². The first-order chi connectivity index (χ1) is 12.7. The summed E-state index contributed by atoms with van der Waals surface area (Å²) in [4.78, 5) is 19.2. The van der Waals surface area contributed by atoms with Crippen molar-refractivity contribution in [2.45, 2.75) is 18.2 Å². The molecule has 0 spiro atoms. The molecular weight excluding hydrogens is 366 g/mol. The van der Waals surface area contributed by atoms with Gasteiger partial charge in [-0.05, 0) is 30.2 Å². The van der Waals surface area contributed by atoms with Crippen molar-refractivity contribution in [3.8, 4) is 0 Å². The third-order valence-corrected chi connectivity index (χ3v) is 6.43. The minimum Gasteiger partial charge on any atom is -0.340 e. The van der Waals surface area contributed by atoms with Crippen LogP contribution in [0, 0.1) is 0 Å². The van der Waals surface area contributed by atoms with Crippen molar-refractivity contribution in [3.05, 3.63) is 65.4 Å². The molecule has 1 aromatic heterocycles. The molecule has 0 radical (unpaired) electrons. The van der Waals surface area contributed by atoms with Crippen LogP contribution in [-0.2, 0) is 11.3 Å². The zero-order valence-electron chi connectivity index (χ0n) is 14.3. The van der Waals surface area contributed by atoms with Gasteiger partial charge < -0.3 is 9.47 Å². The van der Waals surface area contributed by atoms with Gasteiger partial charge in [-0.3, -0.25) is 4.79 Å². The number of carbonyl (C=O) groups is 1. The molecule has 4 rings (SSSR count). The van der Waals surface area contributed by atoms with Gasteiger partial charge in [-0.15, -0.1) is 0 Å². The van der Waals surface area contributed by atoms with Crippen LogP contribution in [-0.4, -0.2) is 39.2 Å². The maximum Gasteiger partial charge on any atom is 0.242 e. The summed E-state index contributed by atoms with van der Waals surface area (Å²) < 4.78 is 1.93. The van der Waals surface area contributed by atoms with Crippen LogP contribution in [0.15, 0.2) is 54.9 Å². The number of rotatable bonds is 3. The van der Waals surface area contributed by atoms with Crippen molar-refractivity contribution in [1.29, 1.82) is 0 Å². The van der Waals surface area contributed by atoms with Gasteiger partial charge in [0, 0.05) is 29.1 Å². The third kappa shape index (κ3) is 3.60. The highest BCUT2D eigenvalue weighted by Crippen LogP contribution is 2.37. The molecule has 1 saturated heterocycles. The quantitative estimate of drug-likeness (QED) is 0.670. The van der Waals surface area contributed by atoms with Crippen molar-refractivity contribution in [3.63, 3.8) is 0 Å². The highest BCUT2D eigenvalue weighted by Gasteiger charge is 2.23. The molecule has 1 aliphatic rings. The number of imidazole rings is 1. The smallest absolute Gasteiger partial charge is 0.242 e. The molecule has 0 N–H and O–H groups in total. The molecule has 1 aliphatic heterocycles. The molecule has 26 heavy (non-hydrogen) atoms. The zero-order chi connectivity index (χ0) is 17.9. The van der Waals surface area contributed by atoms with Gasteiger partial charge in [0.15, 0.2) is 0 Å². The first-order valence-electron chi connectivity index (χ1n) is 8.76. The van der Waals surface area contributed by atoms with Crippen molar-refractivity contribution in [1.82, 2.24) is 14.5 Å². The number of fused-ring (bicyclic) bond motifs is 1. The summed E-state index contributed by atoms with van der Waals surface area (Å²) in [6.07, 6.45) is 2.67. The molecular formula is C20H20ClN3OS. The Hall–Kier alpha value is -1.98. The lowest BCUT2D eigenvalue weighted by atomic mass is 10.1. The Morgan fingerprint density at radius 3 is 2.85 bits per heavy atom. The molecule has 1 atom stereocenters. The average Bonchev–Trinajstić information content (AvgIpc) is 2.90. The minimum absolute atomic E-state index is 0.147. The third-order valence-electron chi connectivity index (χ3n) is 4.78. The number of nitrogens with zero attached hydrogens (tertiary/aromatic N) is 3. The average molecular weight is 386 g/mol. The summed E-state index contributed by atoms with van der Waals surface area (Å²) in [5.41, 5.74) is 3.10. The van der Waals surface area contributed by atoms with Crippen LogP contribution in [0.25, 0.3) is 11.0 Å². The lowest BCUT2D eigenvalue weighted by Crippen LogP contribution is -2.35. The lowest BCUT2D eigenvalue weighted by molar-refractivity contribution is -0.131. The molecule has 0 bridgehead atoms. The van der Waals surface area contributed by atoms with Gasteiger partial charge in [0.2, 0.25) is 5.91 Å². The van der Waals surface area contributed by atoms with E-state index in [1.54, 1.807) is 6.33 Å². The second kappa shape index (κ2) is 7.72. The molecule has 2 aromatic carbocycles. The van der Waals surface area contributed by atoms with Crippen LogP contribution in [0.5, 0.6) is 0 Å². The monoisotopic (exact) mass is 385 g/mol. The molecule has 1 amide bonds. The number of aromatic nitrogens is 2. The SMILES string of the molecule is O=C(Cn1cnc2ccccc21)N1CCS[C@@H](c2ccccc2Cl)CC1. The molecule has 6 heteroatoms. The van der Waals surface area contributed by atoms with Crippen LogP contribution in [0.3, 0.4) is 0 Å². The number of carbonyl (C=O) groups excluding carboxylic acids is 1. The fourth-order valence-corrected chi connectivity index (χ4v) is 4.99. The van der Waals surface area contributed by atoms with E-state index < -0.39 is 0 Å². The number of hydrogen-bond acceptors (Lipinski definition) is 3. The minimum atomic E-state index is 0.147. The van der Waals surface area contributed by atoms with Crippen molar-refractivity contribution < 1.29 is 4.79 Å². The molecule has 2 heterocycles. The maximum absolute atomic E-state index is 12.8. The Labute approximate surface area is 162 Å². The molecule has 4 nitrogen and oxygen atoms in total. The van der Waals surface area contributed by atoms with E-state index in [0.717, 1.165) is 41.3 Å². The van der Waals surface area contributed by atoms with E-state index in [1.165, 1.54) is 5.56 Å². The van der Waals surface area contributed by atoms with Crippen molar-refractivity contribution in [2.24, 2.45) is 0 Å². The summed E-state index contributed by atoms with van der Waals surface area (Å²) in [5.74, 6) is 1.07. The predicted molar refractivity (Wildman–Crippen MR) is 108 cm³/mol. The van der Waals surface area contributed by atoms with Crippen LogP contribution in [0.4, 0.5) is 0 Å². The highest BCUT2D eigenvalue weighted by atomic mass is 35.5. The van der Waals surface area contributed by atoms with E-state index in [1.807, 2.05) is 63.7 Å². The van der Waals surface area contributed by atoms with E-state index in [4.69, 9.17) is 11.6 Å². The summed E-state index contributed by atoms with van der Waals surface area (Å²) in [7, 11) is 0. The van der Waals surface area contributed by atoms with Gasteiger partial charge >= 0.3 is 0 Å². The van der Waals surface area contributed by atoms with Gasteiger partial charge in [0.25, 0.3) is 0 Å².